The van der Waals surface area contributed by atoms with Gasteiger partial charge in [-0.25, -0.2) is 8.42 Å². The molecule has 1 aliphatic heterocycles. The van der Waals surface area contributed by atoms with Crippen molar-refractivity contribution in [2.75, 3.05) is 13.1 Å². The molecule has 2 N–H and O–H groups in total. The van der Waals surface area contributed by atoms with Crippen LogP contribution < -0.4 is 5.32 Å². The molecular formula is C15H18N2O5S. The van der Waals surface area contributed by atoms with Gasteiger partial charge < -0.3 is 10.4 Å². The standard InChI is InChI=1S/C15H18N2O5S/c18-14(16-12-4-5-12)10-2-1-3-13(8-10)23(21,22)17-7-6-11(9-17)15(19)20/h1-3,8,11-12H,4-7,9H2,(H,16,18)(H,19,20). The Balaban J connectivity index is 1.80. The Kier molecular flexibility index (Phi) is 4.11. The van der Waals surface area contributed by atoms with Gasteiger partial charge in [0, 0.05) is 24.7 Å². The van der Waals surface area contributed by atoms with Crippen molar-refractivity contribution in [1.29, 1.82) is 0 Å². The molecule has 7 nitrogen and oxygen atoms in total. The van der Waals surface area contributed by atoms with Crippen LogP contribution in [0.3, 0.4) is 0 Å². The van der Waals surface area contributed by atoms with Crippen LogP contribution in [0.5, 0.6) is 0 Å². The molecule has 0 aromatic heterocycles. The van der Waals surface area contributed by atoms with Crippen molar-refractivity contribution < 1.29 is 23.1 Å². The molecule has 1 aliphatic carbocycles. The minimum atomic E-state index is -3.78. The van der Waals surface area contributed by atoms with Crippen molar-refractivity contribution in [3.63, 3.8) is 0 Å². The van der Waals surface area contributed by atoms with E-state index in [2.05, 4.69) is 5.32 Å². The topological polar surface area (TPSA) is 104 Å². The second-order valence-electron chi connectivity index (χ2n) is 5.96. The average molecular weight is 338 g/mol. The molecule has 1 saturated heterocycles. The van der Waals surface area contributed by atoms with Crippen LogP contribution in [0.4, 0.5) is 0 Å². The molecule has 1 atom stereocenters. The zero-order valence-electron chi connectivity index (χ0n) is 12.4. The lowest BCUT2D eigenvalue weighted by atomic mass is 10.1. The third-order valence-corrected chi connectivity index (χ3v) is 6.01. The quantitative estimate of drug-likeness (QED) is 0.821. The van der Waals surface area contributed by atoms with Gasteiger partial charge in [-0.2, -0.15) is 4.31 Å². The van der Waals surface area contributed by atoms with E-state index >= 15 is 0 Å². The number of amides is 1. The van der Waals surface area contributed by atoms with Gasteiger partial charge in [0.25, 0.3) is 5.91 Å². The number of nitrogens with zero attached hydrogens (tertiary/aromatic N) is 1. The molecule has 2 aliphatic rings. The predicted octanol–water partition coefficient (Wildman–Crippen LogP) is 0.674. The summed E-state index contributed by atoms with van der Waals surface area (Å²) in [5, 5.41) is 11.8. The van der Waals surface area contributed by atoms with Gasteiger partial charge in [0.1, 0.15) is 0 Å². The first-order valence-corrected chi connectivity index (χ1v) is 8.96. The zero-order chi connectivity index (χ0) is 16.6. The van der Waals surface area contributed by atoms with Crippen molar-refractivity contribution >= 4 is 21.9 Å². The summed E-state index contributed by atoms with van der Waals surface area (Å²) in [6.07, 6.45) is 2.21. The van der Waals surface area contributed by atoms with Crippen molar-refractivity contribution in [3.05, 3.63) is 29.8 Å². The number of rotatable bonds is 5. The number of hydrogen-bond donors (Lipinski definition) is 2. The Morgan fingerprint density at radius 2 is 1.96 bits per heavy atom. The first kappa shape index (κ1) is 15.9. The molecule has 2 fully saturated rings. The molecule has 1 aromatic carbocycles. The summed E-state index contributed by atoms with van der Waals surface area (Å²) < 4.78 is 26.4. The molecule has 0 spiro atoms. The molecule has 23 heavy (non-hydrogen) atoms. The van der Waals surface area contributed by atoms with Gasteiger partial charge in [-0.15, -0.1) is 0 Å². The number of carboxylic acid groups (broad SMARTS) is 1. The number of hydrogen-bond acceptors (Lipinski definition) is 4. The Bertz CT molecular complexity index is 742. The molecule has 1 unspecified atom stereocenters. The summed E-state index contributed by atoms with van der Waals surface area (Å²) in [4.78, 5) is 23.0. The lowest BCUT2D eigenvalue weighted by Gasteiger charge is -2.16. The van der Waals surface area contributed by atoms with Gasteiger partial charge in [-0.05, 0) is 37.5 Å². The molecule has 8 heteroatoms. The fraction of sp³-hybridized carbons (Fsp3) is 0.467. The lowest BCUT2D eigenvalue weighted by Crippen LogP contribution is -2.30. The number of aliphatic carboxylic acids is 1. The number of nitrogens with one attached hydrogen (secondary N) is 1. The van der Waals surface area contributed by atoms with Gasteiger partial charge in [0.15, 0.2) is 0 Å². The highest BCUT2D eigenvalue weighted by Crippen LogP contribution is 2.25. The van der Waals surface area contributed by atoms with Crippen LogP contribution >= 0.6 is 0 Å². The average Bonchev–Trinajstić information content (AvgIpc) is 3.17. The lowest BCUT2D eigenvalue weighted by molar-refractivity contribution is -0.141. The molecule has 0 radical (unpaired) electrons. The second kappa shape index (κ2) is 5.93. The third kappa shape index (κ3) is 3.37. The van der Waals surface area contributed by atoms with E-state index in [0.717, 1.165) is 12.8 Å². The fourth-order valence-electron chi connectivity index (χ4n) is 2.59. The minimum absolute atomic E-state index is 0.0204. The highest BCUT2D eigenvalue weighted by molar-refractivity contribution is 7.89. The van der Waals surface area contributed by atoms with Crippen LogP contribution in [0.2, 0.25) is 0 Å². The van der Waals surface area contributed by atoms with E-state index in [-0.39, 0.29) is 29.9 Å². The van der Waals surface area contributed by atoms with E-state index < -0.39 is 21.9 Å². The summed E-state index contributed by atoms with van der Waals surface area (Å²) in [5.41, 5.74) is 0.298. The Labute approximate surface area is 134 Å². The van der Waals surface area contributed by atoms with E-state index in [1.165, 1.54) is 22.5 Å². The van der Waals surface area contributed by atoms with Gasteiger partial charge in [0.2, 0.25) is 10.0 Å². The summed E-state index contributed by atoms with van der Waals surface area (Å²) in [7, 11) is -3.78. The number of carboxylic acids is 1. The van der Waals surface area contributed by atoms with E-state index in [1.807, 2.05) is 0 Å². The summed E-state index contributed by atoms with van der Waals surface area (Å²) in [6.45, 7) is 0.147. The largest absolute Gasteiger partial charge is 0.481 e. The molecular weight excluding hydrogens is 320 g/mol. The minimum Gasteiger partial charge on any atom is -0.481 e. The zero-order valence-corrected chi connectivity index (χ0v) is 13.3. The number of benzene rings is 1. The number of carbonyl (C=O) groups excluding carboxylic acids is 1. The van der Waals surface area contributed by atoms with Crippen molar-refractivity contribution in [3.8, 4) is 0 Å². The number of carbonyl (C=O) groups is 2. The van der Waals surface area contributed by atoms with E-state index in [9.17, 15) is 18.0 Å². The van der Waals surface area contributed by atoms with Crippen LogP contribution in [0.1, 0.15) is 29.6 Å². The first-order chi connectivity index (χ1) is 10.9. The maximum atomic E-state index is 12.6. The highest BCUT2D eigenvalue weighted by atomic mass is 32.2. The van der Waals surface area contributed by atoms with E-state index in [4.69, 9.17) is 5.11 Å². The Morgan fingerprint density at radius 3 is 2.57 bits per heavy atom. The predicted molar refractivity (Wildman–Crippen MR) is 81.4 cm³/mol. The van der Waals surface area contributed by atoms with Crippen molar-refractivity contribution in [2.24, 2.45) is 5.92 Å². The Hall–Kier alpha value is -1.93. The summed E-state index contributed by atoms with van der Waals surface area (Å²) in [6, 6.07) is 6.07. The van der Waals surface area contributed by atoms with Gasteiger partial charge in [-0.1, -0.05) is 6.07 Å². The van der Waals surface area contributed by atoms with E-state index in [1.54, 1.807) is 6.07 Å². The molecule has 124 valence electrons. The SMILES string of the molecule is O=C(NC1CC1)c1cccc(S(=O)(=O)N2CCC(C(=O)O)C2)c1. The van der Waals surface area contributed by atoms with Crippen molar-refractivity contribution in [2.45, 2.75) is 30.2 Å². The van der Waals surface area contributed by atoms with Crippen LogP contribution in [-0.4, -0.2) is 48.8 Å². The second-order valence-corrected chi connectivity index (χ2v) is 7.90. The third-order valence-electron chi connectivity index (χ3n) is 4.15. The Morgan fingerprint density at radius 1 is 1.22 bits per heavy atom. The fourth-order valence-corrected chi connectivity index (χ4v) is 4.14. The molecule has 1 heterocycles. The smallest absolute Gasteiger partial charge is 0.307 e. The summed E-state index contributed by atoms with van der Waals surface area (Å²) >= 11 is 0. The van der Waals surface area contributed by atoms with E-state index in [0.29, 0.717) is 12.0 Å². The van der Waals surface area contributed by atoms with Crippen LogP contribution in [0.15, 0.2) is 29.2 Å². The maximum Gasteiger partial charge on any atom is 0.307 e. The van der Waals surface area contributed by atoms with Crippen LogP contribution in [0.25, 0.3) is 0 Å². The summed E-state index contributed by atoms with van der Waals surface area (Å²) in [5.74, 6) is -1.94. The first-order valence-electron chi connectivity index (χ1n) is 7.52. The molecule has 0 bridgehead atoms. The van der Waals surface area contributed by atoms with Gasteiger partial charge in [-0.3, -0.25) is 9.59 Å². The molecule has 3 rings (SSSR count). The van der Waals surface area contributed by atoms with Crippen molar-refractivity contribution in [1.82, 2.24) is 9.62 Å². The maximum absolute atomic E-state index is 12.6. The van der Waals surface area contributed by atoms with Gasteiger partial charge in [0.05, 0.1) is 10.8 Å². The van der Waals surface area contributed by atoms with Crippen LogP contribution in [-0.2, 0) is 14.8 Å². The van der Waals surface area contributed by atoms with Gasteiger partial charge >= 0.3 is 5.97 Å². The normalized spacial score (nSPS) is 22.0. The highest BCUT2D eigenvalue weighted by Gasteiger charge is 2.36. The molecule has 1 aromatic rings. The molecule has 1 amide bonds. The molecule has 1 saturated carbocycles. The number of sulfonamides is 1. The van der Waals surface area contributed by atoms with Crippen LogP contribution in [0, 0.1) is 5.92 Å². The monoisotopic (exact) mass is 338 g/mol.